The summed E-state index contributed by atoms with van der Waals surface area (Å²) in [5.41, 5.74) is 2.08. The van der Waals surface area contributed by atoms with E-state index in [9.17, 15) is 4.79 Å². The van der Waals surface area contributed by atoms with E-state index in [1.54, 1.807) is 4.90 Å². The van der Waals surface area contributed by atoms with Crippen molar-refractivity contribution >= 4 is 34.1 Å². The average Bonchev–Trinajstić information content (AvgIpc) is 3.21. The minimum atomic E-state index is -0.0660. The normalized spacial score (nSPS) is 14.8. The first-order chi connectivity index (χ1) is 13.5. The van der Waals surface area contributed by atoms with Gasteiger partial charge < -0.3 is 4.42 Å². The minimum absolute atomic E-state index is 0.0660. The van der Waals surface area contributed by atoms with Crippen LogP contribution in [0.4, 0.5) is 5.13 Å². The van der Waals surface area contributed by atoms with Crippen LogP contribution in [0, 0.1) is 6.92 Å². The van der Waals surface area contributed by atoms with E-state index in [1.165, 1.54) is 28.7 Å². The molecule has 9 heteroatoms. The Labute approximate surface area is 171 Å². The highest BCUT2D eigenvalue weighted by Crippen LogP contribution is 2.40. The molecule has 146 valence electrons. The standard InChI is InChI=1S/C19H21N5O2S2/c1-4-15(25)24(14-9-10-14)18-22-23-19(28-18)27-12(3)16-20-21-17(26-16)13-7-5-11(2)6-8-13/h5-8,12,14H,4,9-10H2,1-3H3. The third-order valence-corrected chi connectivity index (χ3v) is 6.54. The van der Waals surface area contributed by atoms with Crippen molar-refractivity contribution < 1.29 is 9.21 Å². The van der Waals surface area contributed by atoms with Crippen LogP contribution in [0.5, 0.6) is 0 Å². The van der Waals surface area contributed by atoms with Gasteiger partial charge in [0.05, 0.1) is 5.25 Å². The number of amides is 1. The molecule has 28 heavy (non-hydrogen) atoms. The smallest absolute Gasteiger partial charge is 0.247 e. The topological polar surface area (TPSA) is 85.0 Å². The number of aromatic nitrogens is 4. The van der Waals surface area contributed by atoms with Crippen LogP contribution >= 0.6 is 23.1 Å². The summed E-state index contributed by atoms with van der Waals surface area (Å²) in [5.74, 6) is 1.15. The zero-order chi connectivity index (χ0) is 19.7. The summed E-state index contributed by atoms with van der Waals surface area (Å²) in [6.45, 7) is 5.90. The van der Waals surface area contributed by atoms with Gasteiger partial charge in [0.15, 0.2) is 4.34 Å². The molecule has 1 aliphatic carbocycles. The van der Waals surface area contributed by atoms with Crippen LogP contribution in [0.15, 0.2) is 33.0 Å². The van der Waals surface area contributed by atoms with Gasteiger partial charge in [0, 0.05) is 18.0 Å². The first-order valence-electron chi connectivity index (χ1n) is 9.27. The minimum Gasteiger partial charge on any atom is -0.419 e. The Bertz CT molecular complexity index is 965. The lowest BCUT2D eigenvalue weighted by molar-refractivity contribution is -0.118. The van der Waals surface area contributed by atoms with Crippen molar-refractivity contribution in [2.45, 2.75) is 55.7 Å². The van der Waals surface area contributed by atoms with E-state index >= 15 is 0 Å². The van der Waals surface area contributed by atoms with Crippen LogP contribution in [-0.2, 0) is 4.79 Å². The molecule has 0 N–H and O–H groups in total. The maximum Gasteiger partial charge on any atom is 0.247 e. The third kappa shape index (κ3) is 4.10. The summed E-state index contributed by atoms with van der Waals surface area (Å²) in [6.07, 6.45) is 2.54. The molecule has 0 aliphatic heterocycles. The van der Waals surface area contributed by atoms with Crippen LogP contribution < -0.4 is 4.90 Å². The molecule has 2 aromatic heterocycles. The molecule has 4 rings (SSSR count). The number of aryl methyl sites for hydroxylation is 1. The van der Waals surface area contributed by atoms with E-state index in [-0.39, 0.29) is 17.2 Å². The molecule has 0 spiro atoms. The summed E-state index contributed by atoms with van der Waals surface area (Å²) >= 11 is 2.94. The first-order valence-corrected chi connectivity index (χ1v) is 11.0. The Morgan fingerprint density at radius 1 is 1.25 bits per heavy atom. The van der Waals surface area contributed by atoms with Crippen LogP contribution in [0.3, 0.4) is 0 Å². The lowest BCUT2D eigenvalue weighted by Gasteiger charge is -2.17. The Morgan fingerprint density at radius 3 is 2.68 bits per heavy atom. The van der Waals surface area contributed by atoms with E-state index in [2.05, 4.69) is 20.4 Å². The maximum atomic E-state index is 12.2. The lowest BCUT2D eigenvalue weighted by Crippen LogP contribution is -2.32. The third-order valence-electron chi connectivity index (χ3n) is 4.45. The molecular weight excluding hydrogens is 394 g/mol. The molecule has 7 nitrogen and oxygen atoms in total. The second kappa shape index (κ2) is 8.00. The van der Waals surface area contributed by atoms with Gasteiger partial charge in [-0.3, -0.25) is 9.69 Å². The van der Waals surface area contributed by atoms with Crippen molar-refractivity contribution in [2.75, 3.05) is 4.90 Å². The predicted molar refractivity (Wildman–Crippen MR) is 109 cm³/mol. The first kappa shape index (κ1) is 19.1. The summed E-state index contributed by atoms with van der Waals surface area (Å²) in [5, 5.41) is 17.5. The Balaban J connectivity index is 1.46. The lowest BCUT2D eigenvalue weighted by atomic mass is 10.1. The van der Waals surface area contributed by atoms with Crippen molar-refractivity contribution in [3.63, 3.8) is 0 Å². The fraction of sp³-hybridized carbons (Fsp3) is 0.421. The molecule has 1 aromatic carbocycles. The Morgan fingerprint density at radius 2 is 2.00 bits per heavy atom. The average molecular weight is 416 g/mol. The van der Waals surface area contributed by atoms with E-state index < -0.39 is 0 Å². The monoisotopic (exact) mass is 415 g/mol. The van der Waals surface area contributed by atoms with Crippen molar-refractivity contribution in [3.8, 4) is 11.5 Å². The summed E-state index contributed by atoms with van der Waals surface area (Å²) in [4.78, 5) is 14.0. The molecule has 0 saturated heterocycles. The van der Waals surface area contributed by atoms with Crippen molar-refractivity contribution in [1.82, 2.24) is 20.4 Å². The highest BCUT2D eigenvalue weighted by atomic mass is 32.2. The van der Waals surface area contributed by atoms with Crippen molar-refractivity contribution in [3.05, 3.63) is 35.7 Å². The SMILES string of the molecule is CCC(=O)N(c1nnc(SC(C)c2nnc(-c3ccc(C)cc3)o2)s1)C1CC1. The number of rotatable bonds is 7. The fourth-order valence-corrected chi connectivity index (χ4v) is 4.83. The van der Waals surface area contributed by atoms with Crippen molar-refractivity contribution in [1.29, 1.82) is 0 Å². The van der Waals surface area contributed by atoms with Crippen LogP contribution in [0.2, 0.25) is 0 Å². The number of anilines is 1. The number of nitrogens with zero attached hydrogens (tertiary/aromatic N) is 5. The second-order valence-corrected chi connectivity index (χ2v) is 9.31. The van der Waals surface area contributed by atoms with Gasteiger partial charge in [-0.15, -0.1) is 20.4 Å². The van der Waals surface area contributed by atoms with Crippen LogP contribution in [0.25, 0.3) is 11.5 Å². The van der Waals surface area contributed by atoms with Gasteiger partial charge in [0.2, 0.25) is 22.8 Å². The van der Waals surface area contributed by atoms with Gasteiger partial charge in [0.25, 0.3) is 0 Å². The second-order valence-electron chi connectivity index (χ2n) is 6.77. The van der Waals surface area contributed by atoms with E-state index in [1.807, 2.05) is 45.0 Å². The van der Waals surface area contributed by atoms with Crippen molar-refractivity contribution in [2.24, 2.45) is 0 Å². The fourth-order valence-electron chi connectivity index (χ4n) is 2.73. The molecule has 1 amide bonds. The molecule has 3 aromatic rings. The molecule has 0 bridgehead atoms. The van der Waals surface area contributed by atoms with E-state index in [0.717, 1.165) is 22.7 Å². The number of hydrogen-bond donors (Lipinski definition) is 0. The van der Waals surface area contributed by atoms with E-state index in [0.29, 0.717) is 23.3 Å². The van der Waals surface area contributed by atoms with Crippen LogP contribution in [0.1, 0.15) is 49.8 Å². The van der Waals surface area contributed by atoms with Gasteiger partial charge in [-0.2, -0.15) is 0 Å². The molecule has 1 aliphatic rings. The largest absolute Gasteiger partial charge is 0.419 e. The number of carbonyl (C=O) groups is 1. The van der Waals surface area contributed by atoms with E-state index in [4.69, 9.17) is 4.42 Å². The zero-order valence-corrected chi connectivity index (χ0v) is 17.6. The van der Waals surface area contributed by atoms with Gasteiger partial charge >= 0.3 is 0 Å². The van der Waals surface area contributed by atoms with Gasteiger partial charge in [0.1, 0.15) is 0 Å². The molecule has 1 unspecified atom stereocenters. The Hall–Kier alpha value is -2.26. The highest BCUT2D eigenvalue weighted by Gasteiger charge is 2.35. The molecule has 0 radical (unpaired) electrons. The summed E-state index contributed by atoms with van der Waals surface area (Å²) in [6, 6.07) is 8.26. The summed E-state index contributed by atoms with van der Waals surface area (Å²) in [7, 11) is 0. The molecule has 1 atom stereocenters. The zero-order valence-electron chi connectivity index (χ0n) is 16.0. The number of hydrogen-bond acceptors (Lipinski definition) is 8. The molecule has 1 fully saturated rings. The van der Waals surface area contributed by atoms with Gasteiger partial charge in [-0.05, 0) is 38.8 Å². The quantitative estimate of drug-likeness (QED) is 0.410. The Kier molecular flexibility index (Phi) is 5.45. The van der Waals surface area contributed by atoms with Crippen LogP contribution in [-0.4, -0.2) is 32.3 Å². The number of thioether (sulfide) groups is 1. The van der Waals surface area contributed by atoms with Gasteiger partial charge in [-0.1, -0.05) is 47.7 Å². The molecule has 1 saturated carbocycles. The molecule has 2 heterocycles. The number of carbonyl (C=O) groups excluding carboxylic acids is 1. The highest BCUT2D eigenvalue weighted by molar-refractivity contribution is 8.01. The van der Waals surface area contributed by atoms with Gasteiger partial charge in [-0.25, -0.2) is 0 Å². The summed E-state index contributed by atoms with van der Waals surface area (Å²) < 4.78 is 6.63. The predicted octanol–water partition coefficient (Wildman–Crippen LogP) is 4.66. The molecular formula is C19H21N5O2S2. The maximum absolute atomic E-state index is 12.2. The number of benzene rings is 1.